The van der Waals surface area contributed by atoms with Gasteiger partial charge in [-0.2, -0.15) is 5.10 Å². The minimum Gasteiger partial charge on any atom is -0.383 e. The number of rotatable bonds is 6. The van der Waals surface area contributed by atoms with Crippen LogP contribution in [-0.4, -0.2) is 47.8 Å². The number of nitrogens with one attached hydrogen (secondary N) is 1. The zero-order chi connectivity index (χ0) is 12.7. The molecule has 1 amide bonds. The van der Waals surface area contributed by atoms with Crippen LogP contribution in [0.3, 0.4) is 0 Å². The van der Waals surface area contributed by atoms with E-state index in [1.165, 1.54) is 17.0 Å². The van der Waals surface area contributed by atoms with E-state index in [4.69, 9.17) is 4.74 Å². The lowest BCUT2D eigenvalue weighted by Gasteiger charge is -2.19. The molecule has 6 nitrogen and oxygen atoms in total. The average Bonchev–Trinajstić information content (AvgIpc) is 2.34. The second-order valence-corrected chi connectivity index (χ2v) is 3.34. The fraction of sp³-hybridized carbons (Fsp3) is 0.364. The lowest BCUT2D eigenvalue weighted by molar-refractivity contribution is 0.0711. The summed E-state index contributed by atoms with van der Waals surface area (Å²) in [5, 5.41) is 5.91. The highest BCUT2D eigenvalue weighted by molar-refractivity contribution is 5.92. The first-order chi connectivity index (χ1) is 8.19. The molecule has 1 N–H and O–H groups in total. The van der Waals surface area contributed by atoms with Crippen molar-refractivity contribution < 1.29 is 9.53 Å². The second kappa shape index (κ2) is 6.59. The van der Waals surface area contributed by atoms with Gasteiger partial charge < -0.3 is 9.64 Å². The summed E-state index contributed by atoms with van der Waals surface area (Å²) in [6.45, 7) is 4.87. The molecule has 1 heterocycles. The molecule has 0 saturated carbocycles. The SMILES string of the molecule is C=CCN(CCOC)C(=O)c1ccc(=O)[nH]n1. The third-order valence-electron chi connectivity index (χ3n) is 2.10. The fourth-order valence-electron chi connectivity index (χ4n) is 1.26. The Balaban J connectivity index is 2.79. The molecule has 0 bridgehead atoms. The van der Waals surface area contributed by atoms with Gasteiger partial charge in [-0.05, 0) is 6.07 Å². The predicted octanol–water partition coefficient (Wildman–Crippen LogP) is 0.0445. The van der Waals surface area contributed by atoms with E-state index in [0.717, 1.165) is 0 Å². The molecule has 1 aromatic heterocycles. The van der Waals surface area contributed by atoms with E-state index in [-0.39, 0.29) is 17.2 Å². The van der Waals surface area contributed by atoms with E-state index in [2.05, 4.69) is 16.8 Å². The molecule has 0 aliphatic rings. The number of hydrogen-bond donors (Lipinski definition) is 1. The summed E-state index contributed by atoms with van der Waals surface area (Å²) >= 11 is 0. The monoisotopic (exact) mass is 237 g/mol. The van der Waals surface area contributed by atoms with Gasteiger partial charge in [0.25, 0.3) is 11.5 Å². The van der Waals surface area contributed by atoms with E-state index in [1.54, 1.807) is 13.2 Å². The molecule has 0 aliphatic carbocycles. The van der Waals surface area contributed by atoms with Gasteiger partial charge in [0, 0.05) is 26.3 Å². The van der Waals surface area contributed by atoms with Crippen molar-refractivity contribution >= 4 is 5.91 Å². The summed E-state index contributed by atoms with van der Waals surface area (Å²) in [6, 6.07) is 2.66. The van der Waals surface area contributed by atoms with Gasteiger partial charge in [-0.1, -0.05) is 6.08 Å². The normalized spacial score (nSPS) is 9.94. The maximum Gasteiger partial charge on any atom is 0.274 e. The molecule has 0 fully saturated rings. The highest BCUT2D eigenvalue weighted by atomic mass is 16.5. The van der Waals surface area contributed by atoms with Crippen LogP contribution in [0.1, 0.15) is 10.5 Å². The topological polar surface area (TPSA) is 75.3 Å². The number of carbonyl (C=O) groups excluding carboxylic acids is 1. The second-order valence-electron chi connectivity index (χ2n) is 3.34. The largest absolute Gasteiger partial charge is 0.383 e. The summed E-state index contributed by atoms with van der Waals surface area (Å²) in [7, 11) is 1.56. The summed E-state index contributed by atoms with van der Waals surface area (Å²) in [6.07, 6.45) is 1.62. The van der Waals surface area contributed by atoms with Crippen molar-refractivity contribution in [1.29, 1.82) is 0 Å². The minimum atomic E-state index is -0.339. The first-order valence-corrected chi connectivity index (χ1v) is 5.14. The maximum absolute atomic E-state index is 12.0. The molecular weight excluding hydrogens is 222 g/mol. The Morgan fingerprint density at radius 2 is 2.41 bits per heavy atom. The number of hydrogen-bond acceptors (Lipinski definition) is 4. The van der Waals surface area contributed by atoms with Gasteiger partial charge in [-0.15, -0.1) is 6.58 Å². The molecule has 0 aliphatic heterocycles. The van der Waals surface area contributed by atoms with Gasteiger partial charge in [0.1, 0.15) is 5.69 Å². The van der Waals surface area contributed by atoms with E-state index < -0.39 is 0 Å². The van der Waals surface area contributed by atoms with E-state index in [1.807, 2.05) is 0 Å². The fourth-order valence-corrected chi connectivity index (χ4v) is 1.26. The van der Waals surface area contributed by atoms with Gasteiger partial charge in [-0.25, -0.2) is 5.10 Å². The van der Waals surface area contributed by atoms with E-state index in [9.17, 15) is 9.59 Å². The summed E-state index contributed by atoms with van der Waals surface area (Å²) < 4.78 is 4.92. The number of carbonyl (C=O) groups is 1. The molecule has 0 atom stereocenters. The molecule has 0 radical (unpaired) electrons. The van der Waals surface area contributed by atoms with Crippen LogP contribution in [0.5, 0.6) is 0 Å². The van der Waals surface area contributed by atoms with Gasteiger partial charge in [0.2, 0.25) is 0 Å². The predicted molar refractivity (Wildman–Crippen MR) is 62.8 cm³/mol. The van der Waals surface area contributed by atoms with Crippen LogP contribution in [0.15, 0.2) is 29.6 Å². The molecule has 6 heteroatoms. The number of aromatic amines is 1. The molecule has 0 saturated heterocycles. The Morgan fingerprint density at radius 1 is 1.65 bits per heavy atom. The Kier molecular flexibility index (Phi) is 5.09. The smallest absolute Gasteiger partial charge is 0.274 e. The lowest BCUT2D eigenvalue weighted by atomic mass is 10.3. The summed E-state index contributed by atoms with van der Waals surface area (Å²) in [4.78, 5) is 24.4. The van der Waals surface area contributed by atoms with Gasteiger partial charge in [0.15, 0.2) is 0 Å². The Labute approximate surface area is 98.9 Å². The van der Waals surface area contributed by atoms with Crippen LogP contribution in [0.25, 0.3) is 0 Å². The third kappa shape index (κ3) is 3.84. The zero-order valence-corrected chi connectivity index (χ0v) is 9.68. The van der Waals surface area contributed by atoms with Crippen LogP contribution in [-0.2, 0) is 4.74 Å². The Bertz CT molecular complexity index is 421. The number of nitrogens with zero attached hydrogens (tertiary/aromatic N) is 2. The van der Waals surface area contributed by atoms with Crippen LogP contribution in [0.2, 0.25) is 0 Å². The minimum absolute atomic E-state index is 0.197. The van der Waals surface area contributed by atoms with Crippen molar-refractivity contribution in [3.63, 3.8) is 0 Å². The van der Waals surface area contributed by atoms with Crippen molar-refractivity contribution in [2.75, 3.05) is 26.8 Å². The van der Waals surface area contributed by atoms with E-state index >= 15 is 0 Å². The van der Waals surface area contributed by atoms with Crippen LogP contribution >= 0.6 is 0 Å². The van der Waals surface area contributed by atoms with Crippen LogP contribution < -0.4 is 5.56 Å². The van der Waals surface area contributed by atoms with Crippen LogP contribution in [0, 0.1) is 0 Å². The van der Waals surface area contributed by atoms with Crippen LogP contribution in [0.4, 0.5) is 0 Å². The standard InChI is InChI=1S/C11H15N3O3/c1-3-6-14(7-8-17-2)11(16)9-4-5-10(15)13-12-9/h3-5H,1,6-8H2,2H3,(H,13,15). The highest BCUT2D eigenvalue weighted by Gasteiger charge is 2.15. The van der Waals surface area contributed by atoms with Crippen molar-refractivity contribution in [2.45, 2.75) is 0 Å². The molecule has 0 spiro atoms. The molecule has 1 rings (SSSR count). The van der Waals surface area contributed by atoms with Crippen molar-refractivity contribution in [2.24, 2.45) is 0 Å². The maximum atomic E-state index is 12.0. The molecule has 0 aromatic carbocycles. The number of amides is 1. The average molecular weight is 237 g/mol. The zero-order valence-electron chi connectivity index (χ0n) is 9.68. The first-order valence-electron chi connectivity index (χ1n) is 5.14. The van der Waals surface area contributed by atoms with Crippen molar-refractivity contribution in [3.8, 4) is 0 Å². The van der Waals surface area contributed by atoms with Gasteiger partial charge in [0.05, 0.1) is 6.61 Å². The molecule has 17 heavy (non-hydrogen) atoms. The molecular formula is C11H15N3O3. The first kappa shape index (κ1) is 13.1. The number of aromatic nitrogens is 2. The number of ether oxygens (including phenoxy) is 1. The summed E-state index contributed by atoms with van der Waals surface area (Å²) in [5.41, 5.74) is -0.142. The van der Waals surface area contributed by atoms with Crippen molar-refractivity contribution in [1.82, 2.24) is 15.1 Å². The quantitative estimate of drug-likeness (QED) is 0.709. The highest BCUT2D eigenvalue weighted by Crippen LogP contribution is 1.99. The number of methoxy groups -OCH3 is 1. The Morgan fingerprint density at radius 3 is 2.94 bits per heavy atom. The number of H-pyrrole nitrogens is 1. The molecule has 0 unspecified atom stereocenters. The van der Waals surface area contributed by atoms with Gasteiger partial charge >= 0.3 is 0 Å². The Hall–Kier alpha value is -1.95. The molecule has 92 valence electrons. The van der Waals surface area contributed by atoms with E-state index in [0.29, 0.717) is 19.7 Å². The molecule has 1 aromatic rings. The van der Waals surface area contributed by atoms with Gasteiger partial charge in [-0.3, -0.25) is 9.59 Å². The summed E-state index contributed by atoms with van der Waals surface area (Å²) in [5.74, 6) is -0.266. The lowest BCUT2D eigenvalue weighted by Crippen LogP contribution is -2.35. The van der Waals surface area contributed by atoms with Crippen molar-refractivity contribution in [3.05, 3.63) is 40.8 Å². The third-order valence-corrected chi connectivity index (χ3v) is 2.10.